The molecule has 1 aliphatic heterocycles. The van der Waals surface area contributed by atoms with Crippen molar-refractivity contribution >= 4 is 17.7 Å². The van der Waals surface area contributed by atoms with E-state index in [1.807, 2.05) is 48.2 Å². The standard InChI is InChI=1S/C17H18N2OS/c18-17(20)16(12-6-2-1-3-7-12)19-14-10-11-21-15-9-5-4-8-13(14)15/h1-9,14,16,19H,10-11H2,(H2,18,20)/t14-,16+/m0/s1. The van der Waals surface area contributed by atoms with Crippen LogP contribution < -0.4 is 11.1 Å². The predicted octanol–water partition coefficient (Wildman–Crippen LogP) is 3.04. The van der Waals surface area contributed by atoms with E-state index in [4.69, 9.17) is 5.73 Å². The highest BCUT2D eigenvalue weighted by molar-refractivity contribution is 7.99. The minimum atomic E-state index is -0.452. The third kappa shape index (κ3) is 3.12. The Balaban J connectivity index is 1.86. The summed E-state index contributed by atoms with van der Waals surface area (Å²) in [7, 11) is 0. The number of rotatable bonds is 4. The zero-order chi connectivity index (χ0) is 14.7. The number of fused-ring (bicyclic) bond motifs is 1. The Labute approximate surface area is 128 Å². The van der Waals surface area contributed by atoms with Crippen molar-refractivity contribution in [1.29, 1.82) is 0 Å². The van der Waals surface area contributed by atoms with Crippen LogP contribution in [0.25, 0.3) is 0 Å². The van der Waals surface area contributed by atoms with Gasteiger partial charge in [0.2, 0.25) is 5.91 Å². The number of nitrogens with two attached hydrogens (primary N) is 1. The largest absolute Gasteiger partial charge is 0.368 e. The second kappa shape index (κ2) is 6.33. The van der Waals surface area contributed by atoms with E-state index in [0.717, 1.165) is 17.7 Å². The fraction of sp³-hybridized carbons (Fsp3) is 0.235. The molecule has 1 aliphatic rings. The van der Waals surface area contributed by atoms with Gasteiger partial charge in [-0.25, -0.2) is 0 Å². The molecule has 108 valence electrons. The Bertz CT molecular complexity index is 630. The lowest BCUT2D eigenvalue weighted by atomic mass is 9.99. The molecule has 0 saturated heterocycles. The van der Waals surface area contributed by atoms with Gasteiger partial charge in [0.15, 0.2) is 0 Å². The molecule has 1 amide bonds. The monoisotopic (exact) mass is 298 g/mol. The first kappa shape index (κ1) is 14.2. The lowest BCUT2D eigenvalue weighted by Crippen LogP contribution is -2.37. The lowest BCUT2D eigenvalue weighted by Gasteiger charge is -2.29. The van der Waals surface area contributed by atoms with Gasteiger partial charge in [0.05, 0.1) is 0 Å². The predicted molar refractivity (Wildman–Crippen MR) is 86.0 cm³/mol. The first-order valence-corrected chi connectivity index (χ1v) is 8.06. The van der Waals surface area contributed by atoms with E-state index in [2.05, 4.69) is 23.5 Å². The van der Waals surface area contributed by atoms with Crippen molar-refractivity contribution in [3.05, 3.63) is 65.7 Å². The topological polar surface area (TPSA) is 55.1 Å². The molecule has 3 rings (SSSR count). The number of hydrogen-bond acceptors (Lipinski definition) is 3. The fourth-order valence-corrected chi connectivity index (χ4v) is 3.83. The molecule has 0 aromatic heterocycles. The van der Waals surface area contributed by atoms with Crippen LogP contribution in [0.3, 0.4) is 0 Å². The van der Waals surface area contributed by atoms with Crippen molar-refractivity contribution in [3.8, 4) is 0 Å². The van der Waals surface area contributed by atoms with Crippen molar-refractivity contribution < 1.29 is 4.79 Å². The summed E-state index contributed by atoms with van der Waals surface area (Å²) in [4.78, 5) is 13.1. The maximum absolute atomic E-state index is 11.8. The average Bonchev–Trinajstić information content (AvgIpc) is 2.53. The number of carbonyl (C=O) groups excluding carboxylic acids is 1. The second-order valence-electron chi connectivity index (χ2n) is 5.14. The first-order valence-electron chi connectivity index (χ1n) is 7.08. The number of hydrogen-bond donors (Lipinski definition) is 2. The Morgan fingerprint density at radius 2 is 1.86 bits per heavy atom. The normalized spacial score (nSPS) is 18.8. The van der Waals surface area contributed by atoms with E-state index in [1.54, 1.807) is 0 Å². The summed E-state index contributed by atoms with van der Waals surface area (Å²) < 4.78 is 0. The molecular formula is C17H18N2OS. The highest BCUT2D eigenvalue weighted by Crippen LogP contribution is 2.37. The number of carbonyl (C=O) groups is 1. The Morgan fingerprint density at radius 3 is 2.62 bits per heavy atom. The summed E-state index contributed by atoms with van der Waals surface area (Å²) in [5.74, 6) is 0.714. The van der Waals surface area contributed by atoms with Crippen LogP contribution in [0.5, 0.6) is 0 Å². The van der Waals surface area contributed by atoms with Gasteiger partial charge in [-0.2, -0.15) is 0 Å². The van der Waals surface area contributed by atoms with Crippen LogP contribution in [0, 0.1) is 0 Å². The molecule has 0 fully saturated rings. The van der Waals surface area contributed by atoms with E-state index >= 15 is 0 Å². The van der Waals surface area contributed by atoms with Gasteiger partial charge in [-0.15, -0.1) is 11.8 Å². The summed E-state index contributed by atoms with van der Waals surface area (Å²) in [5.41, 5.74) is 7.78. The average molecular weight is 298 g/mol. The Hall–Kier alpha value is -1.78. The molecule has 0 saturated carbocycles. The Kier molecular flexibility index (Phi) is 4.27. The van der Waals surface area contributed by atoms with Gasteiger partial charge in [0, 0.05) is 10.9 Å². The third-order valence-electron chi connectivity index (χ3n) is 3.74. The molecule has 3 N–H and O–H groups in total. The molecule has 0 unspecified atom stereocenters. The Morgan fingerprint density at radius 1 is 1.14 bits per heavy atom. The molecule has 0 aliphatic carbocycles. The molecule has 3 nitrogen and oxygen atoms in total. The molecule has 0 radical (unpaired) electrons. The van der Waals surface area contributed by atoms with Crippen LogP contribution in [0.4, 0.5) is 0 Å². The summed E-state index contributed by atoms with van der Waals surface area (Å²) in [6.07, 6.45) is 0.998. The minimum absolute atomic E-state index is 0.167. The number of nitrogens with one attached hydrogen (secondary N) is 1. The zero-order valence-electron chi connectivity index (χ0n) is 11.7. The highest BCUT2D eigenvalue weighted by atomic mass is 32.2. The number of primary amides is 1. The number of amides is 1. The first-order chi connectivity index (χ1) is 10.3. The van der Waals surface area contributed by atoms with E-state index in [-0.39, 0.29) is 11.9 Å². The van der Waals surface area contributed by atoms with Crippen molar-refractivity contribution in [1.82, 2.24) is 5.32 Å². The van der Waals surface area contributed by atoms with Crippen molar-refractivity contribution in [2.45, 2.75) is 23.4 Å². The summed E-state index contributed by atoms with van der Waals surface area (Å²) in [6, 6.07) is 17.7. The third-order valence-corrected chi connectivity index (χ3v) is 4.87. The smallest absolute Gasteiger partial charge is 0.239 e. The van der Waals surface area contributed by atoms with E-state index < -0.39 is 6.04 Å². The highest BCUT2D eigenvalue weighted by Gasteiger charge is 2.26. The second-order valence-corrected chi connectivity index (χ2v) is 6.28. The van der Waals surface area contributed by atoms with Crippen LogP contribution in [0.2, 0.25) is 0 Å². The molecular weight excluding hydrogens is 280 g/mol. The summed E-state index contributed by atoms with van der Waals surface area (Å²) in [6.45, 7) is 0. The fourth-order valence-electron chi connectivity index (χ4n) is 2.70. The molecule has 2 aromatic rings. The van der Waals surface area contributed by atoms with Gasteiger partial charge in [0.1, 0.15) is 6.04 Å². The molecule has 2 aromatic carbocycles. The van der Waals surface area contributed by atoms with Crippen LogP contribution in [0.1, 0.15) is 29.6 Å². The summed E-state index contributed by atoms with van der Waals surface area (Å²) >= 11 is 1.87. The molecule has 4 heteroatoms. The quantitative estimate of drug-likeness (QED) is 0.912. The van der Waals surface area contributed by atoms with Crippen LogP contribution in [0.15, 0.2) is 59.5 Å². The van der Waals surface area contributed by atoms with Crippen molar-refractivity contribution in [2.24, 2.45) is 5.73 Å². The number of benzene rings is 2. The van der Waals surface area contributed by atoms with Crippen LogP contribution >= 0.6 is 11.8 Å². The van der Waals surface area contributed by atoms with Gasteiger partial charge in [-0.3, -0.25) is 10.1 Å². The lowest BCUT2D eigenvalue weighted by molar-refractivity contribution is -0.120. The molecule has 1 heterocycles. The van der Waals surface area contributed by atoms with Crippen LogP contribution in [-0.2, 0) is 4.79 Å². The maximum Gasteiger partial charge on any atom is 0.239 e. The van der Waals surface area contributed by atoms with Gasteiger partial charge in [-0.1, -0.05) is 48.5 Å². The van der Waals surface area contributed by atoms with Crippen LogP contribution in [-0.4, -0.2) is 11.7 Å². The van der Waals surface area contributed by atoms with Crippen molar-refractivity contribution in [3.63, 3.8) is 0 Å². The SMILES string of the molecule is NC(=O)[C@H](N[C@H]1CCSc2ccccc21)c1ccccc1. The molecule has 0 spiro atoms. The van der Waals surface area contributed by atoms with E-state index in [0.29, 0.717) is 0 Å². The van der Waals surface area contributed by atoms with E-state index in [9.17, 15) is 4.79 Å². The zero-order valence-corrected chi connectivity index (χ0v) is 12.5. The van der Waals surface area contributed by atoms with Gasteiger partial charge in [-0.05, 0) is 29.4 Å². The summed E-state index contributed by atoms with van der Waals surface area (Å²) in [5, 5.41) is 3.44. The molecule has 2 atom stereocenters. The minimum Gasteiger partial charge on any atom is -0.368 e. The molecule has 21 heavy (non-hydrogen) atoms. The van der Waals surface area contributed by atoms with E-state index in [1.165, 1.54) is 10.5 Å². The molecule has 0 bridgehead atoms. The van der Waals surface area contributed by atoms with Crippen molar-refractivity contribution in [2.75, 3.05) is 5.75 Å². The maximum atomic E-state index is 11.8. The number of thioether (sulfide) groups is 1. The van der Waals surface area contributed by atoms with Gasteiger partial charge in [0.25, 0.3) is 0 Å². The van der Waals surface area contributed by atoms with Gasteiger partial charge >= 0.3 is 0 Å². The van der Waals surface area contributed by atoms with Gasteiger partial charge < -0.3 is 5.73 Å².